The first-order valence-electron chi connectivity index (χ1n) is 7.34. The fourth-order valence-corrected chi connectivity index (χ4v) is 3.09. The third-order valence-electron chi connectivity index (χ3n) is 3.37. The maximum atomic E-state index is 12.3. The first kappa shape index (κ1) is 18.2. The third kappa shape index (κ3) is 4.67. The van der Waals surface area contributed by atoms with E-state index in [9.17, 15) is 13.2 Å². The number of amides is 1. The van der Waals surface area contributed by atoms with Gasteiger partial charge in [0, 0.05) is 19.2 Å². The molecule has 0 bridgehead atoms. The van der Waals surface area contributed by atoms with Crippen molar-refractivity contribution in [3.63, 3.8) is 0 Å². The summed E-state index contributed by atoms with van der Waals surface area (Å²) < 4.78 is 36.8. The molecule has 2 N–H and O–H groups in total. The van der Waals surface area contributed by atoms with Gasteiger partial charge in [0.1, 0.15) is 5.76 Å². The largest absolute Gasteiger partial charge is 0.467 e. The first-order valence-corrected chi connectivity index (χ1v) is 8.82. The second-order valence-electron chi connectivity index (χ2n) is 5.13. The molecule has 0 aliphatic carbocycles. The normalized spacial score (nSPS) is 11.4. The number of hydrogen-bond acceptors (Lipinski definition) is 5. The van der Waals surface area contributed by atoms with Crippen LogP contribution in [0.4, 0.5) is 0 Å². The van der Waals surface area contributed by atoms with Gasteiger partial charge in [0.05, 0.1) is 24.3 Å². The minimum atomic E-state index is -3.69. The molecule has 0 aliphatic heterocycles. The summed E-state index contributed by atoms with van der Waals surface area (Å²) in [6, 6.07) is 7.90. The molecule has 2 rings (SSSR count). The van der Waals surface area contributed by atoms with E-state index in [4.69, 9.17) is 9.15 Å². The van der Waals surface area contributed by atoms with E-state index < -0.39 is 10.0 Å². The molecule has 7 nitrogen and oxygen atoms in total. The summed E-state index contributed by atoms with van der Waals surface area (Å²) in [6.45, 7) is 2.40. The van der Waals surface area contributed by atoms with Crippen molar-refractivity contribution in [2.45, 2.75) is 18.4 Å². The Morgan fingerprint density at radius 2 is 2.08 bits per heavy atom. The van der Waals surface area contributed by atoms with Crippen LogP contribution in [0.1, 0.15) is 21.7 Å². The molecule has 0 fully saturated rings. The van der Waals surface area contributed by atoms with Gasteiger partial charge in [0.2, 0.25) is 10.0 Å². The van der Waals surface area contributed by atoms with Gasteiger partial charge in [0.25, 0.3) is 5.91 Å². The summed E-state index contributed by atoms with van der Waals surface area (Å²) in [5.41, 5.74) is 0.985. The molecular weight excluding hydrogens is 332 g/mol. The maximum absolute atomic E-state index is 12.3. The predicted molar refractivity (Wildman–Crippen MR) is 88.1 cm³/mol. The van der Waals surface area contributed by atoms with E-state index in [2.05, 4.69) is 10.0 Å². The molecular formula is C16H20N2O5S. The Bertz CT molecular complexity index is 785. The maximum Gasteiger partial charge on any atom is 0.251 e. The Balaban J connectivity index is 2.14. The number of furan rings is 1. The molecule has 1 heterocycles. The second kappa shape index (κ2) is 8.09. The topological polar surface area (TPSA) is 97.6 Å². The van der Waals surface area contributed by atoms with Crippen LogP contribution >= 0.6 is 0 Å². The Morgan fingerprint density at radius 3 is 2.75 bits per heavy atom. The smallest absolute Gasteiger partial charge is 0.251 e. The number of nitrogens with one attached hydrogen (secondary N) is 2. The van der Waals surface area contributed by atoms with Crippen LogP contribution in [0.3, 0.4) is 0 Å². The van der Waals surface area contributed by atoms with Crippen molar-refractivity contribution in [1.29, 1.82) is 0 Å². The van der Waals surface area contributed by atoms with Crippen molar-refractivity contribution in [3.05, 3.63) is 53.5 Å². The molecule has 0 aliphatic rings. The van der Waals surface area contributed by atoms with E-state index in [0.29, 0.717) is 16.9 Å². The zero-order valence-electron chi connectivity index (χ0n) is 13.5. The molecule has 0 saturated heterocycles. The highest BCUT2D eigenvalue weighted by atomic mass is 32.2. The molecule has 0 atom stereocenters. The van der Waals surface area contributed by atoms with Crippen molar-refractivity contribution in [2.75, 3.05) is 20.3 Å². The molecule has 24 heavy (non-hydrogen) atoms. The number of carbonyl (C=O) groups is 1. The van der Waals surface area contributed by atoms with Crippen molar-refractivity contribution in [3.8, 4) is 0 Å². The van der Waals surface area contributed by atoms with Crippen LogP contribution in [0.15, 0.2) is 45.9 Å². The van der Waals surface area contributed by atoms with Gasteiger partial charge in [-0.25, -0.2) is 13.1 Å². The Kier molecular flexibility index (Phi) is 6.13. The van der Waals surface area contributed by atoms with E-state index in [-0.39, 0.29) is 30.5 Å². The SMILES string of the molecule is COCCNS(=O)(=O)c1ccc(C)c(C(=O)NCc2ccco2)c1. The van der Waals surface area contributed by atoms with Gasteiger partial charge in [-0.15, -0.1) is 0 Å². The third-order valence-corrected chi connectivity index (χ3v) is 4.82. The standard InChI is InChI=1S/C16H20N2O5S/c1-12-5-6-14(24(20,21)18-7-9-22-2)10-15(12)16(19)17-11-13-4-3-8-23-13/h3-6,8,10,18H,7,9,11H2,1-2H3,(H,17,19). The lowest BCUT2D eigenvalue weighted by molar-refractivity contribution is 0.0947. The molecule has 1 aromatic carbocycles. The Labute approximate surface area is 141 Å². The number of sulfonamides is 1. The molecule has 0 saturated carbocycles. The lowest BCUT2D eigenvalue weighted by Crippen LogP contribution is -2.28. The van der Waals surface area contributed by atoms with E-state index in [1.54, 1.807) is 25.1 Å². The van der Waals surface area contributed by atoms with Crippen LogP contribution in [0, 0.1) is 6.92 Å². The monoisotopic (exact) mass is 352 g/mol. The summed E-state index contributed by atoms with van der Waals surface area (Å²) in [7, 11) is -2.20. The van der Waals surface area contributed by atoms with Gasteiger partial charge in [-0.2, -0.15) is 0 Å². The molecule has 1 aromatic heterocycles. The lowest BCUT2D eigenvalue weighted by atomic mass is 10.1. The van der Waals surface area contributed by atoms with Gasteiger partial charge in [0.15, 0.2) is 0 Å². The predicted octanol–water partition coefficient (Wildman–Crippen LogP) is 1.44. The highest BCUT2D eigenvalue weighted by Crippen LogP contribution is 2.16. The van der Waals surface area contributed by atoms with Crippen LogP contribution in [-0.2, 0) is 21.3 Å². The number of aryl methyl sites for hydroxylation is 1. The molecule has 8 heteroatoms. The molecule has 0 unspecified atom stereocenters. The summed E-state index contributed by atoms with van der Waals surface area (Å²) >= 11 is 0. The van der Waals surface area contributed by atoms with E-state index >= 15 is 0 Å². The van der Waals surface area contributed by atoms with Crippen LogP contribution in [-0.4, -0.2) is 34.6 Å². The van der Waals surface area contributed by atoms with Crippen LogP contribution < -0.4 is 10.0 Å². The molecule has 0 spiro atoms. The average Bonchev–Trinajstić information content (AvgIpc) is 3.06. The van der Waals surface area contributed by atoms with Crippen LogP contribution in [0.2, 0.25) is 0 Å². The number of benzene rings is 1. The quantitative estimate of drug-likeness (QED) is 0.701. The molecule has 2 aromatic rings. The van der Waals surface area contributed by atoms with Gasteiger partial charge in [-0.3, -0.25) is 4.79 Å². The molecule has 1 amide bonds. The highest BCUT2D eigenvalue weighted by molar-refractivity contribution is 7.89. The zero-order valence-corrected chi connectivity index (χ0v) is 14.4. The van der Waals surface area contributed by atoms with E-state index in [0.717, 1.165) is 0 Å². The number of methoxy groups -OCH3 is 1. The minimum absolute atomic E-state index is 0.0346. The van der Waals surface area contributed by atoms with Gasteiger partial charge in [-0.05, 0) is 36.8 Å². The fourth-order valence-electron chi connectivity index (χ4n) is 2.05. The van der Waals surface area contributed by atoms with Crippen molar-refractivity contribution in [2.24, 2.45) is 0 Å². The summed E-state index contributed by atoms with van der Waals surface area (Å²) in [5.74, 6) is 0.254. The van der Waals surface area contributed by atoms with Gasteiger partial charge >= 0.3 is 0 Å². The zero-order chi connectivity index (χ0) is 17.6. The van der Waals surface area contributed by atoms with Crippen molar-refractivity contribution < 1.29 is 22.4 Å². The number of hydrogen-bond donors (Lipinski definition) is 2. The fraction of sp³-hybridized carbons (Fsp3) is 0.312. The first-order chi connectivity index (χ1) is 11.4. The van der Waals surface area contributed by atoms with Gasteiger partial charge < -0.3 is 14.5 Å². The lowest BCUT2D eigenvalue weighted by Gasteiger charge is -2.10. The average molecular weight is 352 g/mol. The summed E-state index contributed by atoms with van der Waals surface area (Å²) in [6.07, 6.45) is 1.52. The highest BCUT2D eigenvalue weighted by Gasteiger charge is 2.17. The molecule has 0 radical (unpaired) electrons. The van der Waals surface area contributed by atoms with Crippen LogP contribution in [0.5, 0.6) is 0 Å². The number of carbonyl (C=O) groups excluding carboxylic acids is 1. The summed E-state index contributed by atoms with van der Waals surface area (Å²) in [5, 5.41) is 2.71. The van der Waals surface area contributed by atoms with Crippen LogP contribution in [0.25, 0.3) is 0 Å². The minimum Gasteiger partial charge on any atom is -0.467 e. The van der Waals surface area contributed by atoms with Gasteiger partial charge in [-0.1, -0.05) is 6.07 Å². The van der Waals surface area contributed by atoms with E-state index in [1.165, 1.54) is 25.5 Å². The number of ether oxygens (including phenoxy) is 1. The Hall–Kier alpha value is -2.16. The van der Waals surface area contributed by atoms with Crippen molar-refractivity contribution >= 4 is 15.9 Å². The van der Waals surface area contributed by atoms with Crippen molar-refractivity contribution in [1.82, 2.24) is 10.0 Å². The Morgan fingerprint density at radius 1 is 1.29 bits per heavy atom. The molecule has 130 valence electrons. The van der Waals surface area contributed by atoms with E-state index in [1.807, 2.05) is 0 Å². The summed E-state index contributed by atoms with van der Waals surface area (Å²) in [4.78, 5) is 12.3. The second-order valence-corrected chi connectivity index (χ2v) is 6.90. The number of rotatable bonds is 8.